The first-order valence-corrected chi connectivity index (χ1v) is 9.27. The Morgan fingerprint density at radius 2 is 2.15 bits per heavy atom. The van der Waals surface area contributed by atoms with Crippen LogP contribution in [0.1, 0.15) is 34.9 Å². The number of nitrogens with zero attached hydrogens (tertiary/aromatic N) is 3. The van der Waals surface area contributed by atoms with Crippen molar-refractivity contribution in [1.29, 1.82) is 0 Å². The molecule has 3 heterocycles. The molecule has 1 N–H and O–H groups in total. The van der Waals surface area contributed by atoms with Crippen LogP contribution < -0.4 is 5.32 Å². The summed E-state index contributed by atoms with van der Waals surface area (Å²) in [4.78, 5) is 17.4. The van der Waals surface area contributed by atoms with E-state index in [-0.39, 0.29) is 18.1 Å². The largest absolute Gasteiger partial charge is 0.371 e. The highest BCUT2D eigenvalue weighted by atomic mass is 16.5. The van der Waals surface area contributed by atoms with Crippen LogP contribution in [0.25, 0.3) is 10.9 Å². The summed E-state index contributed by atoms with van der Waals surface area (Å²) in [5.41, 5.74) is 5.01. The van der Waals surface area contributed by atoms with Crippen LogP contribution in [0.3, 0.4) is 0 Å². The number of hydrogen-bond donors (Lipinski definition) is 1. The molecule has 1 amide bonds. The van der Waals surface area contributed by atoms with E-state index in [2.05, 4.69) is 28.4 Å². The Hall–Kier alpha value is -2.73. The fourth-order valence-corrected chi connectivity index (χ4v) is 3.90. The van der Waals surface area contributed by atoms with Crippen LogP contribution in [0.15, 0.2) is 36.7 Å². The van der Waals surface area contributed by atoms with E-state index in [4.69, 9.17) is 4.74 Å². The number of pyridine rings is 1. The third kappa shape index (κ3) is 3.45. The van der Waals surface area contributed by atoms with E-state index >= 15 is 0 Å². The summed E-state index contributed by atoms with van der Waals surface area (Å²) < 4.78 is 7.59. The van der Waals surface area contributed by atoms with Gasteiger partial charge in [0.1, 0.15) is 6.10 Å². The van der Waals surface area contributed by atoms with E-state index in [1.165, 1.54) is 0 Å². The van der Waals surface area contributed by atoms with Crippen LogP contribution in [-0.2, 0) is 23.0 Å². The van der Waals surface area contributed by atoms with E-state index in [1.807, 2.05) is 38.4 Å². The number of nitrogens with one attached hydrogen (secondary N) is 1. The minimum Gasteiger partial charge on any atom is -0.371 e. The van der Waals surface area contributed by atoms with Crippen molar-refractivity contribution < 1.29 is 9.53 Å². The van der Waals surface area contributed by atoms with Crippen molar-refractivity contribution in [2.24, 2.45) is 7.05 Å². The summed E-state index contributed by atoms with van der Waals surface area (Å²) in [6.07, 6.45) is 4.73. The molecule has 1 fully saturated rings. The van der Waals surface area contributed by atoms with E-state index in [0.717, 1.165) is 39.7 Å². The predicted molar refractivity (Wildman–Crippen MR) is 103 cm³/mol. The average Bonchev–Trinajstić information content (AvgIpc) is 3.27. The summed E-state index contributed by atoms with van der Waals surface area (Å²) in [5, 5.41) is 8.47. The topological polar surface area (TPSA) is 69.0 Å². The zero-order valence-electron chi connectivity index (χ0n) is 15.9. The Bertz CT molecular complexity index is 995. The van der Waals surface area contributed by atoms with Gasteiger partial charge in [0.05, 0.1) is 24.2 Å². The van der Waals surface area contributed by atoms with E-state index in [0.29, 0.717) is 13.0 Å². The molecular formula is C21H24N4O2. The highest BCUT2D eigenvalue weighted by Gasteiger charge is 2.32. The Balaban J connectivity index is 1.52. The molecule has 0 saturated carbocycles. The smallest absolute Gasteiger partial charge is 0.224 e. The van der Waals surface area contributed by atoms with Crippen molar-refractivity contribution in [2.75, 3.05) is 6.61 Å². The molecule has 4 rings (SSSR count). The molecule has 140 valence electrons. The molecule has 0 spiro atoms. The van der Waals surface area contributed by atoms with Gasteiger partial charge in [-0.3, -0.25) is 14.5 Å². The van der Waals surface area contributed by atoms with Gasteiger partial charge in [0, 0.05) is 36.5 Å². The molecule has 1 aromatic carbocycles. The van der Waals surface area contributed by atoms with Crippen molar-refractivity contribution in [3.8, 4) is 0 Å². The number of fused-ring (bicyclic) bond motifs is 1. The summed E-state index contributed by atoms with van der Waals surface area (Å²) >= 11 is 0. The van der Waals surface area contributed by atoms with Crippen molar-refractivity contribution in [1.82, 2.24) is 20.1 Å². The molecule has 0 unspecified atom stereocenters. The fourth-order valence-electron chi connectivity index (χ4n) is 3.90. The van der Waals surface area contributed by atoms with Gasteiger partial charge >= 0.3 is 0 Å². The van der Waals surface area contributed by atoms with Gasteiger partial charge < -0.3 is 10.1 Å². The summed E-state index contributed by atoms with van der Waals surface area (Å²) in [7, 11) is 1.88. The predicted octanol–water partition coefficient (Wildman–Crippen LogP) is 2.77. The second-order valence-electron chi connectivity index (χ2n) is 7.20. The number of ether oxygens (including phenoxy) is 1. The quantitative estimate of drug-likeness (QED) is 0.773. The van der Waals surface area contributed by atoms with E-state index in [1.54, 1.807) is 10.9 Å². The number of aromatic nitrogens is 3. The van der Waals surface area contributed by atoms with Gasteiger partial charge in [-0.25, -0.2) is 0 Å². The van der Waals surface area contributed by atoms with Gasteiger partial charge in [-0.05, 0) is 37.5 Å². The first kappa shape index (κ1) is 17.7. The number of para-hydroxylation sites is 1. The Labute approximate surface area is 158 Å². The van der Waals surface area contributed by atoms with Crippen LogP contribution in [-0.4, -0.2) is 33.3 Å². The molecule has 0 bridgehead atoms. The number of aryl methyl sites for hydroxylation is 3. The molecule has 0 aliphatic carbocycles. The lowest BCUT2D eigenvalue weighted by Gasteiger charge is -2.19. The normalized spacial score (nSPS) is 19.5. The maximum Gasteiger partial charge on any atom is 0.224 e. The van der Waals surface area contributed by atoms with Gasteiger partial charge in [-0.1, -0.05) is 18.2 Å². The van der Waals surface area contributed by atoms with Crippen LogP contribution in [0.2, 0.25) is 0 Å². The third-order valence-corrected chi connectivity index (χ3v) is 5.31. The van der Waals surface area contributed by atoms with Crippen LogP contribution in [0.4, 0.5) is 0 Å². The number of rotatable bonds is 4. The first-order chi connectivity index (χ1) is 13.0. The molecule has 2 atom stereocenters. The Kier molecular flexibility index (Phi) is 4.66. The summed E-state index contributed by atoms with van der Waals surface area (Å²) in [6, 6.07) is 8.02. The van der Waals surface area contributed by atoms with Crippen molar-refractivity contribution >= 4 is 16.8 Å². The zero-order valence-corrected chi connectivity index (χ0v) is 15.9. The van der Waals surface area contributed by atoms with Crippen LogP contribution >= 0.6 is 0 Å². The van der Waals surface area contributed by atoms with Gasteiger partial charge in [-0.15, -0.1) is 0 Å². The number of carbonyl (C=O) groups is 1. The molecule has 1 saturated heterocycles. The molecule has 2 aromatic heterocycles. The number of amides is 1. The third-order valence-electron chi connectivity index (χ3n) is 5.31. The summed E-state index contributed by atoms with van der Waals surface area (Å²) in [5.74, 6) is 0.00247. The second kappa shape index (κ2) is 7.12. The van der Waals surface area contributed by atoms with Gasteiger partial charge in [0.2, 0.25) is 5.91 Å². The van der Waals surface area contributed by atoms with Gasteiger partial charge in [-0.2, -0.15) is 5.10 Å². The maximum absolute atomic E-state index is 12.8. The van der Waals surface area contributed by atoms with E-state index in [9.17, 15) is 4.79 Å². The maximum atomic E-state index is 12.8. The molecular weight excluding hydrogens is 340 g/mol. The lowest BCUT2D eigenvalue weighted by molar-refractivity contribution is -0.121. The molecule has 0 radical (unpaired) electrons. The summed E-state index contributed by atoms with van der Waals surface area (Å²) in [6.45, 7) is 4.68. The molecule has 6 nitrogen and oxygen atoms in total. The minimum atomic E-state index is -0.139. The standard InChI is InChI=1S/C21H24N4O2/c1-13-16-6-4-5-7-18(16)23-14(2)17(13)10-20(26)24-19-8-9-27-21(19)15-11-22-25(3)12-15/h4-7,11-12,19,21H,8-10H2,1-3H3,(H,24,26)/t19-,21+/m0/s1. The molecule has 1 aliphatic rings. The Morgan fingerprint density at radius 3 is 2.93 bits per heavy atom. The number of carbonyl (C=O) groups excluding carboxylic acids is 1. The van der Waals surface area contributed by atoms with E-state index < -0.39 is 0 Å². The zero-order chi connectivity index (χ0) is 19.0. The molecule has 6 heteroatoms. The highest BCUT2D eigenvalue weighted by Crippen LogP contribution is 2.29. The lowest BCUT2D eigenvalue weighted by atomic mass is 9.98. The molecule has 27 heavy (non-hydrogen) atoms. The van der Waals surface area contributed by atoms with Gasteiger partial charge in [0.25, 0.3) is 0 Å². The monoisotopic (exact) mass is 364 g/mol. The fraction of sp³-hybridized carbons (Fsp3) is 0.381. The highest BCUT2D eigenvalue weighted by molar-refractivity contribution is 5.86. The number of hydrogen-bond acceptors (Lipinski definition) is 4. The minimum absolute atomic E-state index is 0.00247. The van der Waals surface area contributed by atoms with Gasteiger partial charge in [0.15, 0.2) is 0 Å². The first-order valence-electron chi connectivity index (χ1n) is 9.27. The molecule has 3 aromatic rings. The second-order valence-corrected chi connectivity index (χ2v) is 7.20. The van der Waals surface area contributed by atoms with Crippen molar-refractivity contribution in [3.63, 3.8) is 0 Å². The average molecular weight is 364 g/mol. The SMILES string of the molecule is Cc1nc2ccccc2c(C)c1CC(=O)N[C@H]1CCO[C@@H]1c1cnn(C)c1. The van der Waals surface area contributed by atoms with Crippen molar-refractivity contribution in [2.45, 2.75) is 38.8 Å². The van der Waals surface area contributed by atoms with Crippen LogP contribution in [0.5, 0.6) is 0 Å². The number of benzene rings is 1. The van der Waals surface area contributed by atoms with Crippen molar-refractivity contribution in [3.05, 3.63) is 59.0 Å². The van der Waals surface area contributed by atoms with Crippen LogP contribution in [0, 0.1) is 13.8 Å². The molecule has 1 aliphatic heterocycles. The lowest BCUT2D eigenvalue weighted by Crippen LogP contribution is -2.37. The Morgan fingerprint density at radius 1 is 1.33 bits per heavy atom.